The second-order valence-corrected chi connectivity index (χ2v) is 6.93. The summed E-state index contributed by atoms with van der Waals surface area (Å²) in [6.07, 6.45) is 0.771. The lowest BCUT2D eigenvalue weighted by molar-refractivity contribution is -0.117. The molecule has 8 heteroatoms. The number of nitrogens with one attached hydrogen (secondary N) is 2. The monoisotopic (exact) mass is 417 g/mol. The average molecular weight is 418 g/mol. The van der Waals surface area contributed by atoms with E-state index in [2.05, 4.69) is 10.6 Å². The molecule has 2 atom stereocenters. The Kier molecular flexibility index (Phi) is 6.61. The Hall–Kier alpha value is -2.77. The van der Waals surface area contributed by atoms with Gasteiger partial charge in [0.05, 0.1) is 11.3 Å². The molecule has 0 aromatic heterocycles. The van der Waals surface area contributed by atoms with Crippen molar-refractivity contribution in [2.75, 3.05) is 31.6 Å². The smallest absolute Gasteiger partial charge is 0.253 e. The van der Waals surface area contributed by atoms with Crippen molar-refractivity contribution in [1.82, 2.24) is 5.32 Å². The number of amides is 2. The summed E-state index contributed by atoms with van der Waals surface area (Å²) in [6.45, 7) is 1.84. The Morgan fingerprint density at radius 3 is 2.62 bits per heavy atom. The fourth-order valence-electron chi connectivity index (χ4n) is 3.44. The highest BCUT2D eigenvalue weighted by atomic mass is 35.5. The Morgan fingerprint density at radius 2 is 1.83 bits per heavy atom. The summed E-state index contributed by atoms with van der Waals surface area (Å²) < 4.78 is 11.2. The number of anilines is 1. The van der Waals surface area contributed by atoms with Crippen molar-refractivity contribution in [3.05, 3.63) is 53.6 Å². The molecule has 7 nitrogen and oxygen atoms in total. The van der Waals surface area contributed by atoms with E-state index in [0.29, 0.717) is 37.6 Å². The standard InChI is InChI=1S/C21H23N3O4.ClH/c22-7-8-23-20(25)14-3-1-2-4-17(14)24-21(26)16-12-15(16)13-5-6-18-19(11-13)28-10-9-27-18;/h1-6,11,15-16H,7-10,12,22H2,(H,23,25)(H,24,26);1H. The van der Waals surface area contributed by atoms with Gasteiger partial charge in [0, 0.05) is 19.0 Å². The van der Waals surface area contributed by atoms with Gasteiger partial charge in [-0.3, -0.25) is 9.59 Å². The molecule has 154 valence electrons. The third-order valence-electron chi connectivity index (χ3n) is 4.98. The number of nitrogens with two attached hydrogens (primary N) is 1. The van der Waals surface area contributed by atoms with Gasteiger partial charge in [-0.2, -0.15) is 0 Å². The lowest BCUT2D eigenvalue weighted by Gasteiger charge is -2.18. The average Bonchev–Trinajstić information content (AvgIpc) is 3.53. The Morgan fingerprint density at radius 1 is 1.07 bits per heavy atom. The van der Waals surface area contributed by atoms with Gasteiger partial charge in [0.1, 0.15) is 13.2 Å². The first-order chi connectivity index (χ1) is 13.7. The first-order valence-electron chi connectivity index (χ1n) is 9.45. The van der Waals surface area contributed by atoms with Crippen LogP contribution in [0.15, 0.2) is 42.5 Å². The number of para-hydroxylation sites is 1. The molecule has 4 rings (SSSR count). The lowest BCUT2D eigenvalue weighted by atomic mass is 10.1. The highest BCUT2D eigenvalue weighted by molar-refractivity contribution is 6.04. The molecule has 0 spiro atoms. The van der Waals surface area contributed by atoms with Crippen LogP contribution in [0.5, 0.6) is 11.5 Å². The van der Waals surface area contributed by atoms with Crippen LogP contribution in [0.4, 0.5) is 5.69 Å². The largest absolute Gasteiger partial charge is 0.486 e. The van der Waals surface area contributed by atoms with Crippen LogP contribution >= 0.6 is 12.4 Å². The number of fused-ring (bicyclic) bond motifs is 1. The predicted molar refractivity (Wildman–Crippen MR) is 112 cm³/mol. The Labute approximate surface area is 175 Å². The molecule has 1 aliphatic carbocycles. The zero-order valence-corrected chi connectivity index (χ0v) is 16.7. The number of halogens is 1. The van der Waals surface area contributed by atoms with Gasteiger partial charge in [-0.05, 0) is 42.2 Å². The van der Waals surface area contributed by atoms with E-state index in [-0.39, 0.29) is 36.1 Å². The molecular formula is C21H24ClN3O4. The van der Waals surface area contributed by atoms with E-state index in [1.807, 2.05) is 18.2 Å². The number of hydrogen-bond acceptors (Lipinski definition) is 5. The molecule has 1 aliphatic heterocycles. The summed E-state index contributed by atoms with van der Waals surface area (Å²) in [5.41, 5.74) is 7.44. The second-order valence-electron chi connectivity index (χ2n) is 6.93. The van der Waals surface area contributed by atoms with E-state index in [9.17, 15) is 9.59 Å². The number of benzene rings is 2. The molecule has 2 amide bonds. The van der Waals surface area contributed by atoms with Gasteiger partial charge in [-0.25, -0.2) is 0 Å². The number of carbonyl (C=O) groups excluding carboxylic acids is 2. The quantitative estimate of drug-likeness (QED) is 0.669. The van der Waals surface area contributed by atoms with Crippen molar-refractivity contribution < 1.29 is 19.1 Å². The Balaban J connectivity index is 0.00000240. The van der Waals surface area contributed by atoms with Gasteiger partial charge < -0.3 is 25.8 Å². The van der Waals surface area contributed by atoms with Crippen LogP contribution in [-0.2, 0) is 4.79 Å². The third kappa shape index (κ3) is 4.63. The molecule has 2 unspecified atom stereocenters. The molecule has 2 aromatic rings. The van der Waals surface area contributed by atoms with Gasteiger partial charge in [0.25, 0.3) is 5.91 Å². The van der Waals surface area contributed by atoms with Crippen LogP contribution in [0.25, 0.3) is 0 Å². The molecule has 0 saturated heterocycles. The SMILES string of the molecule is Cl.NCCNC(=O)c1ccccc1NC(=O)C1CC1c1ccc2c(c1)OCCO2. The first-order valence-corrected chi connectivity index (χ1v) is 9.45. The van der Waals surface area contributed by atoms with E-state index in [0.717, 1.165) is 23.5 Å². The normalized spacial score (nSPS) is 18.9. The minimum absolute atomic E-state index is 0. The minimum atomic E-state index is -0.250. The van der Waals surface area contributed by atoms with Gasteiger partial charge in [-0.1, -0.05) is 18.2 Å². The topological polar surface area (TPSA) is 103 Å². The number of hydrogen-bond donors (Lipinski definition) is 3. The fourth-order valence-corrected chi connectivity index (χ4v) is 3.44. The second kappa shape index (κ2) is 9.15. The Bertz CT molecular complexity index is 905. The number of carbonyl (C=O) groups is 2. The minimum Gasteiger partial charge on any atom is -0.486 e. The molecule has 1 heterocycles. The molecule has 1 fully saturated rings. The third-order valence-corrected chi connectivity index (χ3v) is 4.98. The van der Waals surface area contributed by atoms with Gasteiger partial charge in [0.15, 0.2) is 11.5 Å². The zero-order valence-electron chi connectivity index (χ0n) is 15.9. The molecule has 0 radical (unpaired) electrons. The van der Waals surface area contributed by atoms with E-state index < -0.39 is 0 Å². The van der Waals surface area contributed by atoms with Crippen molar-refractivity contribution in [3.8, 4) is 11.5 Å². The van der Waals surface area contributed by atoms with E-state index in [1.165, 1.54) is 0 Å². The van der Waals surface area contributed by atoms with Crippen LogP contribution in [0, 0.1) is 5.92 Å². The van der Waals surface area contributed by atoms with Crippen molar-refractivity contribution in [2.24, 2.45) is 11.7 Å². The maximum absolute atomic E-state index is 12.7. The molecule has 0 bridgehead atoms. The molecule has 1 saturated carbocycles. The van der Waals surface area contributed by atoms with Crippen LogP contribution in [-0.4, -0.2) is 38.1 Å². The summed E-state index contributed by atoms with van der Waals surface area (Å²) in [5.74, 6) is 1.17. The van der Waals surface area contributed by atoms with Crippen LogP contribution < -0.4 is 25.8 Å². The summed E-state index contributed by atoms with van der Waals surface area (Å²) in [6, 6.07) is 12.8. The van der Waals surface area contributed by atoms with Crippen molar-refractivity contribution >= 4 is 29.9 Å². The summed E-state index contributed by atoms with van der Waals surface area (Å²) in [4.78, 5) is 25.0. The summed E-state index contributed by atoms with van der Waals surface area (Å²) >= 11 is 0. The number of ether oxygens (including phenoxy) is 2. The molecule has 2 aromatic carbocycles. The maximum atomic E-state index is 12.7. The van der Waals surface area contributed by atoms with Crippen LogP contribution in [0.3, 0.4) is 0 Å². The van der Waals surface area contributed by atoms with Crippen molar-refractivity contribution in [2.45, 2.75) is 12.3 Å². The summed E-state index contributed by atoms with van der Waals surface area (Å²) in [5, 5.41) is 5.63. The number of rotatable bonds is 6. The van der Waals surface area contributed by atoms with Crippen LogP contribution in [0.1, 0.15) is 28.3 Å². The highest BCUT2D eigenvalue weighted by Gasteiger charge is 2.44. The summed E-state index contributed by atoms with van der Waals surface area (Å²) in [7, 11) is 0. The van der Waals surface area contributed by atoms with E-state index in [1.54, 1.807) is 24.3 Å². The van der Waals surface area contributed by atoms with Crippen molar-refractivity contribution in [1.29, 1.82) is 0 Å². The maximum Gasteiger partial charge on any atom is 0.253 e. The molecule has 29 heavy (non-hydrogen) atoms. The zero-order chi connectivity index (χ0) is 19.5. The van der Waals surface area contributed by atoms with Gasteiger partial charge in [0.2, 0.25) is 5.91 Å². The van der Waals surface area contributed by atoms with Crippen LogP contribution in [0.2, 0.25) is 0 Å². The van der Waals surface area contributed by atoms with Gasteiger partial charge in [-0.15, -0.1) is 12.4 Å². The van der Waals surface area contributed by atoms with Gasteiger partial charge >= 0.3 is 0 Å². The van der Waals surface area contributed by atoms with E-state index in [4.69, 9.17) is 15.2 Å². The highest BCUT2D eigenvalue weighted by Crippen LogP contribution is 2.49. The van der Waals surface area contributed by atoms with E-state index >= 15 is 0 Å². The molecular weight excluding hydrogens is 394 g/mol. The fraction of sp³-hybridized carbons (Fsp3) is 0.333. The lowest BCUT2D eigenvalue weighted by Crippen LogP contribution is -2.30. The van der Waals surface area contributed by atoms with Crippen molar-refractivity contribution in [3.63, 3.8) is 0 Å². The predicted octanol–water partition coefficient (Wildman–Crippen LogP) is 2.31. The molecule has 4 N–H and O–H groups in total. The first kappa shape index (κ1) is 21.0. The molecule has 2 aliphatic rings.